The van der Waals surface area contributed by atoms with Gasteiger partial charge in [-0.25, -0.2) is 4.39 Å². The van der Waals surface area contributed by atoms with Crippen LogP contribution in [0.15, 0.2) is 42.5 Å². The molecular formula is C15H12F4N2S. The summed E-state index contributed by atoms with van der Waals surface area (Å²) in [7, 11) is 0. The molecule has 0 aromatic heterocycles. The summed E-state index contributed by atoms with van der Waals surface area (Å²) in [5, 5.41) is 5.07. The summed E-state index contributed by atoms with van der Waals surface area (Å²) < 4.78 is 52.0. The van der Waals surface area contributed by atoms with Gasteiger partial charge in [0.2, 0.25) is 0 Å². The quantitative estimate of drug-likeness (QED) is 0.602. The maximum absolute atomic E-state index is 13.4. The van der Waals surface area contributed by atoms with E-state index in [-0.39, 0.29) is 10.8 Å². The van der Waals surface area contributed by atoms with Crippen molar-refractivity contribution in [1.82, 2.24) is 0 Å². The Balaban J connectivity index is 2.14. The van der Waals surface area contributed by atoms with E-state index in [2.05, 4.69) is 10.6 Å². The van der Waals surface area contributed by atoms with Gasteiger partial charge in [-0.15, -0.1) is 0 Å². The fourth-order valence-corrected chi connectivity index (χ4v) is 2.02. The molecule has 0 saturated heterocycles. The first-order chi connectivity index (χ1) is 10.3. The van der Waals surface area contributed by atoms with E-state index in [0.29, 0.717) is 11.3 Å². The molecule has 0 aliphatic carbocycles. The topological polar surface area (TPSA) is 24.1 Å². The second-order valence-electron chi connectivity index (χ2n) is 4.59. The van der Waals surface area contributed by atoms with Crippen LogP contribution in [0.2, 0.25) is 0 Å². The highest BCUT2D eigenvalue weighted by Crippen LogP contribution is 2.34. The first kappa shape index (κ1) is 16.2. The number of hydrogen-bond donors (Lipinski definition) is 2. The Labute approximate surface area is 130 Å². The number of rotatable bonds is 2. The van der Waals surface area contributed by atoms with Gasteiger partial charge >= 0.3 is 6.18 Å². The summed E-state index contributed by atoms with van der Waals surface area (Å²) >= 11 is 4.96. The van der Waals surface area contributed by atoms with E-state index in [1.165, 1.54) is 24.3 Å². The summed E-state index contributed by atoms with van der Waals surface area (Å²) in [5.74, 6) is -0.427. The van der Waals surface area contributed by atoms with E-state index in [1.54, 1.807) is 19.1 Å². The van der Waals surface area contributed by atoms with Crippen molar-refractivity contribution in [2.24, 2.45) is 0 Å². The molecule has 2 nitrogen and oxygen atoms in total. The van der Waals surface area contributed by atoms with Crippen LogP contribution < -0.4 is 10.6 Å². The van der Waals surface area contributed by atoms with Crippen molar-refractivity contribution in [2.45, 2.75) is 13.1 Å². The zero-order valence-corrected chi connectivity index (χ0v) is 12.3. The number of halogens is 4. The monoisotopic (exact) mass is 328 g/mol. The average Bonchev–Trinajstić information content (AvgIpc) is 2.42. The van der Waals surface area contributed by atoms with Crippen molar-refractivity contribution in [3.05, 3.63) is 59.4 Å². The van der Waals surface area contributed by atoms with Crippen LogP contribution in [0, 0.1) is 12.7 Å². The zero-order valence-electron chi connectivity index (χ0n) is 11.5. The minimum absolute atomic E-state index is 0.0556. The summed E-state index contributed by atoms with van der Waals surface area (Å²) in [4.78, 5) is 0. The van der Waals surface area contributed by atoms with E-state index in [1.807, 2.05) is 0 Å². The third-order valence-corrected chi connectivity index (χ3v) is 3.11. The van der Waals surface area contributed by atoms with Gasteiger partial charge in [-0.05, 0) is 49.0 Å². The Hall–Kier alpha value is -2.15. The van der Waals surface area contributed by atoms with Crippen molar-refractivity contribution in [1.29, 1.82) is 0 Å². The average molecular weight is 328 g/mol. The van der Waals surface area contributed by atoms with Gasteiger partial charge in [-0.2, -0.15) is 13.2 Å². The van der Waals surface area contributed by atoms with E-state index in [4.69, 9.17) is 12.2 Å². The highest BCUT2D eigenvalue weighted by molar-refractivity contribution is 7.80. The molecule has 0 aliphatic heterocycles. The molecule has 0 saturated carbocycles. The van der Waals surface area contributed by atoms with Crippen LogP contribution in [0.25, 0.3) is 0 Å². The Morgan fingerprint density at radius 3 is 2.36 bits per heavy atom. The summed E-state index contributed by atoms with van der Waals surface area (Å²) in [6, 6.07) is 9.33. The number of nitrogens with one attached hydrogen (secondary N) is 2. The van der Waals surface area contributed by atoms with Gasteiger partial charge in [-0.3, -0.25) is 0 Å². The van der Waals surface area contributed by atoms with Crippen molar-refractivity contribution in [3.63, 3.8) is 0 Å². The number of thiocarbonyl (C=S) groups is 1. The van der Waals surface area contributed by atoms with Gasteiger partial charge in [0.05, 0.1) is 11.3 Å². The van der Waals surface area contributed by atoms with E-state index < -0.39 is 17.6 Å². The lowest BCUT2D eigenvalue weighted by atomic mass is 10.1. The largest absolute Gasteiger partial charge is 0.418 e. The van der Waals surface area contributed by atoms with Crippen molar-refractivity contribution >= 4 is 28.7 Å². The van der Waals surface area contributed by atoms with Gasteiger partial charge in [0.15, 0.2) is 5.11 Å². The molecule has 0 amide bonds. The fraction of sp³-hybridized carbons (Fsp3) is 0.133. The maximum atomic E-state index is 13.4. The van der Waals surface area contributed by atoms with Crippen molar-refractivity contribution in [2.75, 3.05) is 10.6 Å². The standard InChI is InChI=1S/C15H12F4N2S/c1-9-6-7-10(8-12(9)16)20-14(22)21-13-5-3-2-4-11(13)15(17,18)19/h2-8H,1H3,(H2,20,21,22). The SMILES string of the molecule is Cc1ccc(NC(=S)Nc2ccccc2C(F)(F)F)cc1F. The molecule has 0 aliphatic rings. The molecule has 0 bridgehead atoms. The van der Waals surface area contributed by atoms with Crippen LogP contribution in [0.3, 0.4) is 0 Å². The molecule has 22 heavy (non-hydrogen) atoms. The molecule has 116 valence electrons. The van der Waals surface area contributed by atoms with Crippen LogP contribution in [0.1, 0.15) is 11.1 Å². The molecule has 0 unspecified atom stereocenters. The van der Waals surface area contributed by atoms with Gasteiger partial charge in [0, 0.05) is 5.69 Å². The molecule has 0 fully saturated rings. The Kier molecular flexibility index (Phi) is 4.65. The minimum Gasteiger partial charge on any atom is -0.332 e. The van der Waals surface area contributed by atoms with Gasteiger partial charge < -0.3 is 10.6 Å². The minimum atomic E-state index is -4.49. The van der Waals surface area contributed by atoms with Gasteiger partial charge in [0.25, 0.3) is 0 Å². The molecule has 0 radical (unpaired) electrons. The smallest absolute Gasteiger partial charge is 0.332 e. The first-order valence-corrected chi connectivity index (χ1v) is 6.68. The maximum Gasteiger partial charge on any atom is 0.418 e. The number of alkyl halides is 3. The molecule has 0 spiro atoms. The van der Waals surface area contributed by atoms with Gasteiger partial charge in [-0.1, -0.05) is 18.2 Å². The zero-order chi connectivity index (χ0) is 16.3. The molecule has 0 heterocycles. The number of aryl methyl sites for hydroxylation is 1. The van der Waals surface area contributed by atoms with Crippen LogP contribution in [-0.2, 0) is 6.18 Å². The first-order valence-electron chi connectivity index (χ1n) is 6.28. The Morgan fingerprint density at radius 2 is 1.73 bits per heavy atom. The summed E-state index contributed by atoms with van der Waals surface area (Å²) in [6.07, 6.45) is -4.49. The number of anilines is 2. The number of hydrogen-bond acceptors (Lipinski definition) is 1. The van der Waals surface area contributed by atoms with Crippen LogP contribution >= 0.6 is 12.2 Å². The van der Waals surface area contributed by atoms with Gasteiger partial charge in [0.1, 0.15) is 5.82 Å². The summed E-state index contributed by atoms with van der Waals surface area (Å²) in [5.41, 5.74) is -0.175. The van der Waals surface area contributed by atoms with Crippen molar-refractivity contribution in [3.8, 4) is 0 Å². The van der Waals surface area contributed by atoms with Crippen molar-refractivity contribution < 1.29 is 17.6 Å². The molecule has 2 N–H and O–H groups in total. The lowest BCUT2D eigenvalue weighted by Gasteiger charge is -2.16. The second-order valence-corrected chi connectivity index (χ2v) is 4.99. The highest BCUT2D eigenvalue weighted by atomic mass is 32.1. The fourth-order valence-electron chi connectivity index (χ4n) is 1.79. The molecule has 7 heteroatoms. The predicted molar refractivity (Wildman–Crippen MR) is 82.4 cm³/mol. The molecule has 0 atom stereocenters. The van der Waals surface area contributed by atoms with E-state index in [9.17, 15) is 17.6 Å². The number of benzene rings is 2. The molecular weight excluding hydrogens is 316 g/mol. The highest BCUT2D eigenvalue weighted by Gasteiger charge is 2.33. The molecule has 2 rings (SSSR count). The Bertz CT molecular complexity index is 698. The summed E-state index contributed by atoms with van der Waals surface area (Å²) in [6.45, 7) is 1.61. The molecule has 2 aromatic rings. The van der Waals surface area contributed by atoms with Crippen LogP contribution in [0.4, 0.5) is 28.9 Å². The lowest BCUT2D eigenvalue weighted by molar-refractivity contribution is -0.136. The number of para-hydroxylation sites is 1. The van der Waals surface area contributed by atoms with E-state index >= 15 is 0 Å². The Morgan fingerprint density at radius 1 is 1.05 bits per heavy atom. The third-order valence-electron chi connectivity index (χ3n) is 2.91. The van der Waals surface area contributed by atoms with Crippen LogP contribution in [0.5, 0.6) is 0 Å². The third kappa shape index (κ3) is 3.94. The van der Waals surface area contributed by atoms with Crippen LogP contribution in [-0.4, -0.2) is 5.11 Å². The lowest BCUT2D eigenvalue weighted by Crippen LogP contribution is -2.21. The normalized spacial score (nSPS) is 11.1. The predicted octanol–water partition coefficient (Wildman–Crippen LogP) is 4.96. The molecule has 2 aromatic carbocycles. The second kappa shape index (κ2) is 6.31. The van der Waals surface area contributed by atoms with E-state index in [0.717, 1.165) is 6.07 Å².